The Hall–Kier alpha value is -1.69. The summed E-state index contributed by atoms with van der Waals surface area (Å²) in [5.74, 6) is 0. The number of amidine groups is 1. The molecule has 0 spiro atoms. The van der Waals surface area contributed by atoms with Crippen LogP contribution in [0.2, 0.25) is 10.0 Å². The van der Waals surface area contributed by atoms with Crippen LogP contribution in [0.1, 0.15) is 23.2 Å². The van der Waals surface area contributed by atoms with Crippen LogP contribution in [0.15, 0.2) is 53.5 Å². The number of amides is 1. The SMILES string of the molecule is CSC1=N[C@H](c2ccccc2Cl)[C@H](c2ccccc2Cl)N1C(=O)O. The summed E-state index contributed by atoms with van der Waals surface area (Å²) in [6.07, 6.45) is 0.732. The third-order valence-electron chi connectivity index (χ3n) is 3.87. The van der Waals surface area contributed by atoms with Gasteiger partial charge in [0.2, 0.25) is 0 Å². The molecule has 2 aromatic carbocycles. The van der Waals surface area contributed by atoms with Crippen LogP contribution in [-0.2, 0) is 0 Å². The first-order valence-corrected chi connectivity index (χ1v) is 9.15. The number of aliphatic imine (C=N–C) groups is 1. The molecule has 1 N–H and O–H groups in total. The van der Waals surface area contributed by atoms with E-state index in [-0.39, 0.29) is 0 Å². The number of benzene rings is 2. The minimum absolute atomic E-state index is 0.428. The van der Waals surface area contributed by atoms with Gasteiger partial charge >= 0.3 is 6.09 Å². The second kappa shape index (κ2) is 7.05. The molecule has 2 atom stereocenters. The van der Waals surface area contributed by atoms with Crippen LogP contribution >= 0.6 is 35.0 Å². The van der Waals surface area contributed by atoms with Crippen molar-refractivity contribution < 1.29 is 9.90 Å². The van der Waals surface area contributed by atoms with Crippen molar-refractivity contribution in [1.82, 2.24) is 4.90 Å². The monoisotopic (exact) mass is 380 g/mol. The highest BCUT2D eigenvalue weighted by Gasteiger charge is 2.43. The molecule has 1 amide bonds. The summed E-state index contributed by atoms with van der Waals surface area (Å²) in [6, 6.07) is 13.6. The van der Waals surface area contributed by atoms with Gasteiger partial charge in [-0.25, -0.2) is 9.69 Å². The Kier molecular flexibility index (Phi) is 5.04. The Morgan fingerprint density at radius 1 is 1.08 bits per heavy atom. The Bertz CT molecular complexity index is 813. The number of carboxylic acid groups (broad SMARTS) is 1. The van der Waals surface area contributed by atoms with Gasteiger partial charge in [-0.1, -0.05) is 71.4 Å². The van der Waals surface area contributed by atoms with Gasteiger partial charge in [0, 0.05) is 10.0 Å². The standard InChI is InChI=1S/C17H14Cl2N2O2S/c1-24-16-20-14(10-6-2-4-8-12(10)18)15(21(16)17(22)23)11-7-3-5-9-13(11)19/h2-9,14-15H,1H3,(H,22,23)/t14-,15+/m1/s1. The fraction of sp³-hybridized carbons (Fsp3) is 0.176. The van der Waals surface area contributed by atoms with Gasteiger partial charge in [0.05, 0.1) is 6.04 Å². The number of halogens is 2. The van der Waals surface area contributed by atoms with Crippen molar-refractivity contribution >= 4 is 46.2 Å². The van der Waals surface area contributed by atoms with E-state index in [1.807, 2.05) is 36.4 Å². The normalized spacial score (nSPS) is 20.1. The van der Waals surface area contributed by atoms with Crippen LogP contribution in [-0.4, -0.2) is 27.5 Å². The van der Waals surface area contributed by atoms with Gasteiger partial charge in [-0.2, -0.15) is 0 Å². The van der Waals surface area contributed by atoms with Crippen molar-refractivity contribution in [2.45, 2.75) is 12.1 Å². The fourth-order valence-corrected chi connectivity index (χ4v) is 3.94. The van der Waals surface area contributed by atoms with Crippen molar-refractivity contribution in [2.24, 2.45) is 4.99 Å². The molecule has 7 heteroatoms. The summed E-state index contributed by atoms with van der Waals surface area (Å²) >= 11 is 14.0. The van der Waals surface area contributed by atoms with Crippen molar-refractivity contribution in [3.05, 3.63) is 69.7 Å². The zero-order valence-electron chi connectivity index (χ0n) is 12.7. The molecule has 1 aliphatic rings. The van der Waals surface area contributed by atoms with Gasteiger partial charge in [0.15, 0.2) is 5.17 Å². The maximum Gasteiger partial charge on any atom is 0.414 e. The molecule has 0 saturated carbocycles. The molecule has 24 heavy (non-hydrogen) atoms. The topological polar surface area (TPSA) is 52.9 Å². The van der Waals surface area contributed by atoms with Gasteiger partial charge in [-0.3, -0.25) is 4.99 Å². The Morgan fingerprint density at radius 3 is 2.12 bits per heavy atom. The van der Waals surface area contributed by atoms with Crippen molar-refractivity contribution in [1.29, 1.82) is 0 Å². The molecule has 4 nitrogen and oxygen atoms in total. The summed E-state index contributed by atoms with van der Waals surface area (Å²) in [7, 11) is 0. The largest absolute Gasteiger partial charge is 0.465 e. The van der Waals surface area contributed by atoms with E-state index in [0.29, 0.717) is 20.8 Å². The summed E-state index contributed by atoms with van der Waals surface area (Å²) in [5, 5.41) is 11.2. The maximum absolute atomic E-state index is 11.9. The molecule has 0 aromatic heterocycles. The lowest BCUT2D eigenvalue weighted by Gasteiger charge is -2.27. The van der Waals surface area contributed by atoms with Gasteiger partial charge < -0.3 is 5.11 Å². The van der Waals surface area contributed by atoms with E-state index in [4.69, 9.17) is 23.2 Å². The Labute approximate surface area is 154 Å². The minimum atomic E-state index is -1.07. The van der Waals surface area contributed by atoms with E-state index < -0.39 is 18.2 Å². The number of rotatable bonds is 2. The second-order valence-electron chi connectivity index (χ2n) is 5.20. The van der Waals surface area contributed by atoms with Crippen LogP contribution < -0.4 is 0 Å². The molecule has 2 aromatic rings. The highest BCUT2D eigenvalue weighted by atomic mass is 35.5. The Morgan fingerprint density at radius 2 is 1.62 bits per heavy atom. The molecule has 0 fully saturated rings. The summed E-state index contributed by atoms with van der Waals surface area (Å²) in [6.45, 7) is 0. The molecule has 3 rings (SSSR count). The van der Waals surface area contributed by atoms with E-state index in [1.165, 1.54) is 16.7 Å². The smallest absolute Gasteiger partial charge is 0.414 e. The average molecular weight is 381 g/mol. The molecule has 0 radical (unpaired) electrons. The number of nitrogens with zero attached hydrogens (tertiary/aromatic N) is 2. The van der Waals surface area contributed by atoms with E-state index in [1.54, 1.807) is 18.4 Å². The zero-order valence-corrected chi connectivity index (χ0v) is 15.0. The molecular formula is C17H14Cl2N2O2S. The lowest BCUT2D eigenvalue weighted by atomic mass is 9.94. The first-order chi connectivity index (χ1) is 11.5. The van der Waals surface area contributed by atoms with Crippen molar-refractivity contribution in [2.75, 3.05) is 6.26 Å². The Balaban J connectivity index is 2.18. The lowest BCUT2D eigenvalue weighted by molar-refractivity contribution is 0.158. The van der Waals surface area contributed by atoms with Gasteiger partial charge in [0.25, 0.3) is 0 Å². The molecule has 0 bridgehead atoms. The third kappa shape index (κ3) is 2.99. The summed E-state index contributed by atoms with van der Waals surface area (Å²) in [5.41, 5.74) is 1.48. The fourth-order valence-electron chi connectivity index (χ4n) is 2.84. The quantitative estimate of drug-likeness (QED) is 0.749. The third-order valence-corrected chi connectivity index (χ3v) is 5.22. The van der Waals surface area contributed by atoms with Gasteiger partial charge in [-0.15, -0.1) is 0 Å². The van der Waals surface area contributed by atoms with Gasteiger partial charge in [-0.05, 0) is 29.5 Å². The molecule has 1 aliphatic heterocycles. The van der Waals surface area contributed by atoms with Crippen LogP contribution in [0, 0.1) is 0 Å². The lowest BCUT2D eigenvalue weighted by Crippen LogP contribution is -2.34. The number of hydrogen-bond acceptors (Lipinski definition) is 3. The van der Waals surface area contributed by atoms with E-state index in [9.17, 15) is 9.90 Å². The van der Waals surface area contributed by atoms with Crippen molar-refractivity contribution in [3.63, 3.8) is 0 Å². The summed E-state index contributed by atoms with van der Waals surface area (Å²) < 4.78 is 0. The van der Waals surface area contributed by atoms with Gasteiger partial charge in [0.1, 0.15) is 6.04 Å². The molecule has 1 heterocycles. The molecule has 0 unspecified atom stereocenters. The zero-order chi connectivity index (χ0) is 17.3. The van der Waals surface area contributed by atoms with E-state index in [2.05, 4.69) is 4.99 Å². The highest BCUT2D eigenvalue weighted by Crippen LogP contribution is 2.47. The predicted molar refractivity (Wildman–Crippen MR) is 99.2 cm³/mol. The molecule has 0 aliphatic carbocycles. The number of thioether (sulfide) groups is 1. The first-order valence-electron chi connectivity index (χ1n) is 7.17. The summed E-state index contributed by atoms with van der Waals surface area (Å²) in [4.78, 5) is 17.8. The molecule has 0 saturated heterocycles. The van der Waals surface area contributed by atoms with E-state index in [0.717, 1.165) is 5.56 Å². The second-order valence-corrected chi connectivity index (χ2v) is 6.79. The number of carbonyl (C=O) groups is 1. The maximum atomic E-state index is 11.9. The number of hydrogen-bond donors (Lipinski definition) is 1. The van der Waals surface area contributed by atoms with E-state index >= 15 is 0 Å². The van der Waals surface area contributed by atoms with Crippen LogP contribution in [0.3, 0.4) is 0 Å². The minimum Gasteiger partial charge on any atom is -0.465 e. The highest BCUT2D eigenvalue weighted by molar-refractivity contribution is 8.13. The first kappa shape index (κ1) is 17.1. The average Bonchev–Trinajstić information content (AvgIpc) is 2.95. The van der Waals surface area contributed by atoms with Crippen LogP contribution in [0.4, 0.5) is 4.79 Å². The van der Waals surface area contributed by atoms with Crippen molar-refractivity contribution in [3.8, 4) is 0 Å². The van der Waals surface area contributed by atoms with Crippen LogP contribution in [0.25, 0.3) is 0 Å². The molecular weight excluding hydrogens is 367 g/mol. The predicted octanol–water partition coefficient (Wildman–Crippen LogP) is 5.49. The van der Waals surface area contributed by atoms with Crippen LogP contribution in [0.5, 0.6) is 0 Å². The molecule has 124 valence electrons.